The van der Waals surface area contributed by atoms with Gasteiger partial charge in [0.15, 0.2) is 0 Å². The van der Waals surface area contributed by atoms with Crippen molar-refractivity contribution in [2.24, 2.45) is 7.05 Å². The average molecular weight is 338 g/mol. The lowest BCUT2D eigenvalue weighted by atomic mass is 10.1. The van der Waals surface area contributed by atoms with E-state index in [1.807, 2.05) is 57.9 Å². The van der Waals surface area contributed by atoms with Crippen LogP contribution in [0.1, 0.15) is 18.3 Å². The zero-order valence-corrected chi connectivity index (χ0v) is 14.3. The van der Waals surface area contributed by atoms with Crippen LogP contribution in [-0.4, -0.2) is 49.5 Å². The fraction of sp³-hybridized carbons (Fsp3) is 0.389. The van der Waals surface area contributed by atoms with Crippen LogP contribution in [0.25, 0.3) is 11.0 Å². The molecule has 25 heavy (non-hydrogen) atoms. The summed E-state index contributed by atoms with van der Waals surface area (Å²) < 4.78 is 4.03. The minimum atomic E-state index is -0.0132. The van der Waals surface area contributed by atoms with Crippen molar-refractivity contribution in [2.75, 3.05) is 19.6 Å². The lowest BCUT2D eigenvalue weighted by Gasteiger charge is -2.35. The first-order chi connectivity index (χ1) is 12.2. The van der Waals surface area contributed by atoms with Gasteiger partial charge in [-0.05, 0) is 12.1 Å². The molecule has 1 aliphatic heterocycles. The second kappa shape index (κ2) is 6.68. The number of benzene rings is 1. The number of hydrogen-bond acceptors (Lipinski definition) is 4. The van der Waals surface area contributed by atoms with Gasteiger partial charge >= 0.3 is 0 Å². The van der Waals surface area contributed by atoms with Crippen LogP contribution >= 0.6 is 0 Å². The van der Waals surface area contributed by atoms with Crippen LogP contribution in [-0.2, 0) is 18.4 Å². The highest BCUT2D eigenvalue weighted by atomic mass is 16.2. The molecule has 4 rings (SSSR count). The van der Waals surface area contributed by atoms with Gasteiger partial charge in [0.1, 0.15) is 11.9 Å². The van der Waals surface area contributed by atoms with Gasteiger partial charge in [0.25, 0.3) is 0 Å². The average Bonchev–Trinajstić information content (AvgIpc) is 3.26. The van der Waals surface area contributed by atoms with E-state index in [1.54, 1.807) is 6.20 Å². The highest BCUT2D eigenvalue weighted by Crippen LogP contribution is 2.21. The van der Waals surface area contributed by atoms with E-state index in [0.29, 0.717) is 19.5 Å². The summed E-state index contributed by atoms with van der Waals surface area (Å²) in [5.74, 6) is 1.08. The summed E-state index contributed by atoms with van der Waals surface area (Å²) in [6.07, 6.45) is 5.97. The molecule has 0 saturated carbocycles. The number of para-hydroxylation sites is 2. The summed E-state index contributed by atoms with van der Waals surface area (Å²) in [5, 5.41) is 3.37. The Morgan fingerprint density at radius 1 is 1.32 bits per heavy atom. The molecule has 1 amide bonds. The fourth-order valence-corrected chi connectivity index (χ4v) is 3.48. The van der Waals surface area contributed by atoms with Crippen molar-refractivity contribution in [1.82, 2.24) is 29.3 Å². The van der Waals surface area contributed by atoms with Gasteiger partial charge in [0, 0.05) is 52.0 Å². The number of carbonyl (C=O) groups is 1. The molecule has 130 valence electrons. The van der Waals surface area contributed by atoms with Crippen molar-refractivity contribution in [3.05, 3.63) is 48.8 Å². The molecule has 0 spiro atoms. The van der Waals surface area contributed by atoms with E-state index in [2.05, 4.69) is 15.3 Å². The maximum atomic E-state index is 12.9. The van der Waals surface area contributed by atoms with Crippen molar-refractivity contribution in [3.63, 3.8) is 0 Å². The molecule has 1 atom stereocenters. The van der Waals surface area contributed by atoms with E-state index >= 15 is 0 Å². The van der Waals surface area contributed by atoms with Crippen molar-refractivity contribution < 1.29 is 4.79 Å². The van der Waals surface area contributed by atoms with Crippen molar-refractivity contribution in [2.45, 2.75) is 19.0 Å². The number of hydrogen-bond donors (Lipinski definition) is 1. The van der Waals surface area contributed by atoms with Crippen LogP contribution in [0.3, 0.4) is 0 Å². The molecule has 7 heteroatoms. The molecule has 2 aromatic heterocycles. The topological polar surface area (TPSA) is 68.0 Å². The van der Waals surface area contributed by atoms with Gasteiger partial charge in [-0.1, -0.05) is 12.1 Å². The van der Waals surface area contributed by atoms with Crippen LogP contribution in [0.2, 0.25) is 0 Å². The zero-order chi connectivity index (χ0) is 17.2. The largest absolute Gasteiger partial charge is 0.336 e. The Morgan fingerprint density at radius 3 is 3.04 bits per heavy atom. The zero-order valence-electron chi connectivity index (χ0n) is 14.3. The lowest BCUT2D eigenvalue weighted by Crippen LogP contribution is -2.49. The highest BCUT2D eigenvalue weighted by molar-refractivity contribution is 5.78. The Balaban J connectivity index is 1.48. The van der Waals surface area contributed by atoms with E-state index < -0.39 is 0 Å². The van der Waals surface area contributed by atoms with E-state index in [-0.39, 0.29) is 11.9 Å². The Labute approximate surface area is 146 Å². The normalized spacial score (nSPS) is 18.0. The number of nitrogens with one attached hydrogen (secondary N) is 1. The number of piperazine rings is 1. The standard InChI is InChI=1S/C18H22N6O/c1-22-10-8-20-18(22)16-12-19-7-11-24(16)17(25)6-9-23-13-21-14-4-2-3-5-15(14)23/h2-5,8,10,13,16,19H,6-7,9,11-12H2,1H3. The minimum Gasteiger partial charge on any atom is -0.336 e. The smallest absolute Gasteiger partial charge is 0.225 e. The highest BCUT2D eigenvalue weighted by Gasteiger charge is 2.30. The van der Waals surface area contributed by atoms with Gasteiger partial charge in [-0.2, -0.15) is 0 Å². The number of amides is 1. The second-order valence-corrected chi connectivity index (χ2v) is 6.38. The number of aromatic nitrogens is 4. The van der Waals surface area contributed by atoms with Gasteiger partial charge in [0.05, 0.1) is 17.4 Å². The number of nitrogens with zero attached hydrogens (tertiary/aromatic N) is 5. The third kappa shape index (κ3) is 3.02. The number of carbonyl (C=O) groups excluding carboxylic acids is 1. The molecular formula is C18H22N6O. The predicted octanol–water partition coefficient (Wildman–Crippen LogP) is 1.33. The molecule has 1 unspecified atom stereocenters. The van der Waals surface area contributed by atoms with Crippen LogP contribution in [0, 0.1) is 0 Å². The Bertz CT molecular complexity index is 882. The summed E-state index contributed by atoms with van der Waals surface area (Å²) in [6, 6.07) is 7.98. The van der Waals surface area contributed by atoms with Crippen LogP contribution in [0.4, 0.5) is 0 Å². The predicted molar refractivity (Wildman–Crippen MR) is 94.9 cm³/mol. The van der Waals surface area contributed by atoms with Crippen molar-refractivity contribution in [1.29, 1.82) is 0 Å². The number of fused-ring (bicyclic) bond motifs is 1. The molecule has 0 bridgehead atoms. The molecule has 1 aromatic carbocycles. The van der Waals surface area contributed by atoms with E-state index in [1.165, 1.54) is 0 Å². The van der Waals surface area contributed by atoms with Gasteiger partial charge in [-0.15, -0.1) is 0 Å². The molecule has 1 fully saturated rings. The lowest BCUT2D eigenvalue weighted by molar-refractivity contribution is -0.135. The van der Waals surface area contributed by atoms with Gasteiger partial charge in [0.2, 0.25) is 5.91 Å². The van der Waals surface area contributed by atoms with Crippen LogP contribution < -0.4 is 5.32 Å². The van der Waals surface area contributed by atoms with E-state index in [9.17, 15) is 4.79 Å². The third-order valence-electron chi connectivity index (χ3n) is 4.81. The molecule has 0 radical (unpaired) electrons. The van der Waals surface area contributed by atoms with Gasteiger partial charge in [-0.3, -0.25) is 4.79 Å². The summed E-state index contributed by atoms with van der Waals surface area (Å²) in [4.78, 5) is 23.7. The van der Waals surface area contributed by atoms with Crippen LogP contribution in [0.5, 0.6) is 0 Å². The minimum absolute atomic E-state index is 0.0132. The fourth-order valence-electron chi connectivity index (χ4n) is 3.48. The van der Waals surface area contributed by atoms with E-state index in [0.717, 1.165) is 29.9 Å². The molecule has 1 N–H and O–H groups in total. The number of imidazole rings is 2. The summed E-state index contributed by atoms with van der Waals surface area (Å²) in [7, 11) is 1.97. The van der Waals surface area contributed by atoms with Gasteiger partial charge in [-0.25, -0.2) is 9.97 Å². The molecule has 1 saturated heterocycles. The first-order valence-corrected chi connectivity index (χ1v) is 8.61. The molecule has 3 aromatic rings. The molecular weight excluding hydrogens is 316 g/mol. The second-order valence-electron chi connectivity index (χ2n) is 6.38. The Morgan fingerprint density at radius 2 is 2.20 bits per heavy atom. The van der Waals surface area contributed by atoms with Crippen LogP contribution in [0.15, 0.2) is 43.0 Å². The summed E-state index contributed by atoms with van der Waals surface area (Å²) in [6.45, 7) is 2.91. The van der Waals surface area contributed by atoms with Crippen molar-refractivity contribution >= 4 is 16.9 Å². The number of rotatable bonds is 4. The number of aryl methyl sites for hydroxylation is 2. The van der Waals surface area contributed by atoms with Crippen molar-refractivity contribution in [3.8, 4) is 0 Å². The first kappa shape index (κ1) is 15.8. The monoisotopic (exact) mass is 338 g/mol. The van der Waals surface area contributed by atoms with E-state index in [4.69, 9.17) is 0 Å². The first-order valence-electron chi connectivity index (χ1n) is 8.61. The maximum absolute atomic E-state index is 12.9. The quantitative estimate of drug-likeness (QED) is 0.779. The molecule has 0 aliphatic carbocycles. The summed E-state index contributed by atoms with van der Waals surface area (Å²) in [5.41, 5.74) is 2.03. The summed E-state index contributed by atoms with van der Waals surface area (Å²) >= 11 is 0. The molecule has 1 aliphatic rings. The SMILES string of the molecule is Cn1ccnc1C1CNCCN1C(=O)CCn1cnc2ccccc21. The Hall–Kier alpha value is -2.67. The molecule has 7 nitrogen and oxygen atoms in total. The maximum Gasteiger partial charge on any atom is 0.225 e. The molecule has 3 heterocycles. The third-order valence-corrected chi connectivity index (χ3v) is 4.81. The Kier molecular flexibility index (Phi) is 4.23. The van der Waals surface area contributed by atoms with Gasteiger partial charge < -0.3 is 19.4 Å².